The van der Waals surface area contributed by atoms with Gasteiger partial charge in [0, 0.05) is 26.2 Å². The van der Waals surface area contributed by atoms with Crippen LogP contribution in [0.2, 0.25) is 0 Å². The van der Waals surface area contributed by atoms with Crippen LogP contribution in [-0.2, 0) is 13.0 Å². The molecule has 22 heavy (non-hydrogen) atoms. The molecule has 3 rings (SSSR count). The third-order valence-corrected chi connectivity index (χ3v) is 4.07. The monoisotopic (exact) mass is 296 g/mol. The Morgan fingerprint density at radius 1 is 1.09 bits per heavy atom. The summed E-state index contributed by atoms with van der Waals surface area (Å²) in [5.41, 5.74) is 3.13. The van der Waals surface area contributed by atoms with Gasteiger partial charge in [-0.3, -0.25) is 9.69 Å². The molecule has 114 valence electrons. The maximum absolute atomic E-state index is 12.0. The van der Waals surface area contributed by atoms with E-state index in [0.29, 0.717) is 12.1 Å². The van der Waals surface area contributed by atoms with Crippen LogP contribution in [0.5, 0.6) is 5.75 Å². The Morgan fingerprint density at radius 3 is 2.64 bits per heavy atom. The van der Waals surface area contributed by atoms with Gasteiger partial charge in [0.25, 0.3) is 5.91 Å². The van der Waals surface area contributed by atoms with E-state index in [2.05, 4.69) is 34.5 Å². The highest BCUT2D eigenvalue weighted by Gasteiger charge is 2.16. The molecule has 0 aromatic heterocycles. The van der Waals surface area contributed by atoms with Gasteiger partial charge in [-0.1, -0.05) is 36.4 Å². The number of nitrogens with zero attached hydrogens (tertiary/aromatic N) is 1. The number of aromatic hydroxyl groups is 1. The van der Waals surface area contributed by atoms with Crippen molar-refractivity contribution in [1.82, 2.24) is 10.2 Å². The van der Waals surface area contributed by atoms with Gasteiger partial charge in [0.2, 0.25) is 0 Å². The number of phenolic OH excluding ortho intramolecular Hbond substituents is 1. The van der Waals surface area contributed by atoms with Gasteiger partial charge in [-0.25, -0.2) is 0 Å². The molecule has 2 N–H and O–H groups in total. The van der Waals surface area contributed by atoms with Crippen LogP contribution in [0.15, 0.2) is 48.5 Å². The van der Waals surface area contributed by atoms with Crippen molar-refractivity contribution in [3.8, 4) is 5.75 Å². The number of hydrogen-bond acceptors (Lipinski definition) is 3. The van der Waals surface area contributed by atoms with Gasteiger partial charge in [0.15, 0.2) is 0 Å². The summed E-state index contributed by atoms with van der Waals surface area (Å²) in [6.07, 6.45) is 1.06. The molecule has 1 aliphatic heterocycles. The Bertz CT molecular complexity index is 670. The fourth-order valence-electron chi connectivity index (χ4n) is 2.83. The van der Waals surface area contributed by atoms with Crippen LogP contribution in [0.3, 0.4) is 0 Å². The molecule has 2 aromatic rings. The largest absolute Gasteiger partial charge is 0.507 e. The normalized spacial score (nSPS) is 14.4. The molecule has 2 aromatic carbocycles. The van der Waals surface area contributed by atoms with Crippen molar-refractivity contribution in [2.24, 2.45) is 0 Å². The molecule has 4 heteroatoms. The van der Waals surface area contributed by atoms with Crippen LogP contribution < -0.4 is 5.32 Å². The fraction of sp³-hybridized carbons (Fsp3) is 0.278. The molecule has 0 spiro atoms. The first-order chi connectivity index (χ1) is 10.7. The number of rotatable bonds is 4. The highest BCUT2D eigenvalue weighted by molar-refractivity contribution is 5.96. The van der Waals surface area contributed by atoms with Gasteiger partial charge < -0.3 is 10.4 Å². The molecule has 0 atom stereocenters. The van der Waals surface area contributed by atoms with Crippen LogP contribution in [0.1, 0.15) is 21.5 Å². The highest BCUT2D eigenvalue weighted by atomic mass is 16.3. The minimum absolute atomic E-state index is 0.0203. The molecule has 0 aliphatic carbocycles. The summed E-state index contributed by atoms with van der Waals surface area (Å²) in [5.74, 6) is -0.206. The van der Waals surface area contributed by atoms with Gasteiger partial charge in [-0.2, -0.15) is 0 Å². The molecule has 0 saturated heterocycles. The minimum Gasteiger partial charge on any atom is -0.507 e. The van der Waals surface area contributed by atoms with E-state index in [1.807, 2.05) is 0 Å². The van der Waals surface area contributed by atoms with Crippen molar-refractivity contribution < 1.29 is 9.90 Å². The number of para-hydroxylation sites is 1. The van der Waals surface area contributed by atoms with Crippen molar-refractivity contribution in [3.63, 3.8) is 0 Å². The highest BCUT2D eigenvalue weighted by Crippen LogP contribution is 2.18. The predicted octanol–water partition coefficient (Wildman–Crippen LogP) is 2.18. The molecular weight excluding hydrogens is 276 g/mol. The van der Waals surface area contributed by atoms with Gasteiger partial charge in [0.1, 0.15) is 5.75 Å². The number of amides is 1. The number of fused-ring (bicyclic) bond motifs is 1. The first-order valence-corrected chi connectivity index (χ1v) is 7.59. The van der Waals surface area contributed by atoms with E-state index in [0.717, 1.165) is 26.1 Å². The molecule has 1 heterocycles. The number of carbonyl (C=O) groups is 1. The molecule has 1 amide bonds. The average molecular weight is 296 g/mol. The molecular formula is C18H20N2O2. The summed E-state index contributed by atoms with van der Waals surface area (Å²) in [7, 11) is 0. The summed E-state index contributed by atoms with van der Waals surface area (Å²) in [5, 5.41) is 12.5. The Morgan fingerprint density at radius 2 is 1.82 bits per heavy atom. The lowest BCUT2D eigenvalue weighted by atomic mass is 10.00. The lowest BCUT2D eigenvalue weighted by Gasteiger charge is -2.28. The quantitative estimate of drug-likeness (QED) is 0.909. The second-order valence-corrected chi connectivity index (χ2v) is 5.57. The summed E-state index contributed by atoms with van der Waals surface area (Å²) in [6, 6.07) is 15.1. The van der Waals surface area contributed by atoms with Crippen LogP contribution in [0.25, 0.3) is 0 Å². The summed E-state index contributed by atoms with van der Waals surface area (Å²) >= 11 is 0. The van der Waals surface area contributed by atoms with E-state index >= 15 is 0 Å². The van der Waals surface area contributed by atoms with Crippen LogP contribution >= 0.6 is 0 Å². The maximum Gasteiger partial charge on any atom is 0.255 e. The van der Waals surface area contributed by atoms with Crippen molar-refractivity contribution in [2.75, 3.05) is 19.6 Å². The molecule has 0 unspecified atom stereocenters. The lowest BCUT2D eigenvalue weighted by Crippen LogP contribution is -2.37. The van der Waals surface area contributed by atoms with E-state index in [-0.39, 0.29) is 11.7 Å². The number of phenols is 1. The summed E-state index contributed by atoms with van der Waals surface area (Å²) < 4.78 is 0. The van der Waals surface area contributed by atoms with Crippen molar-refractivity contribution in [2.45, 2.75) is 13.0 Å². The van der Waals surface area contributed by atoms with Crippen LogP contribution in [0, 0.1) is 0 Å². The number of benzene rings is 2. The zero-order valence-corrected chi connectivity index (χ0v) is 12.5. The Hall–Kier alpha value is -2.33. The standard InChI is InChI=1S/C18H20N2O2/c21-17-8-4-3-7-16(17)18(22)19-10-12-20-11-9-14-5-1-2-6-15(14)13-20/h1-8,21H,9-13H2,(H,19,22). The Labute approximate surface area is 130 Å². The molecule has 0 saturated carbocycles. The Balaban J connectivity index is 1.50. The molecule has 1 aliphatic rings. The first kappa shape index (κ1) is 14.6. The van der Waals surface area contributed by atoms with E-state index in [1.165, 1.54) is 17.2 Å². The molecule has 0 radical (unpaired) electrons. The second kappa shape index (κ2) is 6.62. The van der Waals surface area contributed by atoms with Crippen molar-refractivity contribution in [1.29, 1.82) is 0 Å². The minimum atomic E-state index is -0.226. The summed E-state index contributed by atoms with van der Waals surface area (Å²) in [6.45, 7) is 3.34. The number of hydrogen-bond donors (Lipinski definition) is 2. The third kappa shape index (κ3) is 3.28. The topological polar surface area (TPSA) is 52.6 Å². The fourth-order valence-corrected chi connectivity index (χ4v) is 2.83. The van der Waals surface area contributed by atoms with E-state index in [4.69, 9.17) is 0 Å². The SMILES string of the molecule is O=C(NCCN1CCc2ccccc2C1)c1ccccc1O. The van der Waals surface area contributed by atoms with Gasteiger partial charge in [-0.05, 0) is 29.7 Å². The average Bonchev–Trinajstić information content (AvgIpc) is 2.55. The van der Waals surface area contributed by atoms with Gasteiger partial charge in [0.05, 0.1) is 5.56 Å². The number of nitrogens with one attached hydrogen (secondary N) is 1. The smallest absolute Gasteiger partial charge is 0.255 e. The maximum atomic E-state index is 12.0. The van der Waals surface area contributed by atoms with Crippen LogP contribution in [-0.4, -0.2) is 35.5 Å². The van der Waals surface area contributed by atoms with Crippen molar-refractivity contribution >= 4 is 5.91 Å². The van der Waals surface area contributed by atoms with E-state index < -0.39 is 0 Å². The Kier molecular flexibility index (Phi) is 4.39. The van der Waals surface area contributed by atoms with E-state index in [9.17, 15) is 9.90 Å². The van der Waals surface area contributed by atoms with Crippen molar-refractivity contribution in [3.05, 3.63) is 65.2 Å². The second-order valence-electron chi connectivity index (χ2n) is 5.57. The zero-order chi connectivity index (χ0) is 15.4. The summed E-state index contributed by atoms with van der Waals surface area (Å²) in [4.78, 5) is 14.4. The predicted molar refractivity (Wildman–Crippen MR) is 85.9 cm³/mol. The molecule has 4 nitrogen and oxygen atoms in total. The molecule has 0 bridgehead atoms. The number of carbonyl (C=O) groups excluding carboxylic acids is 1. The lowest BCUT2D eigenvalue weighted by molar-refractivity contribution is 0.0944. The third-order valence-electron chi connectivity index (χ3n) is 4.07. The first-order valence-electron chi connectivity index (χ1n) is 7.59. The van der Waals surface area contributed by atoms with E-state index in [1.54, 1.807) is 18.2 Å². The van der Waals surface area contributed by atoms with Gasteiger partial charge >= 0.3 is 0 Å². The van der Waals surface area contributed by atoms with Gasteiger partial charge in [-0.15, -0.1) is 0 Å². The molecule has 0 fully saturated rings. The van der Waals surface area contributed by atoms with Crippen LogP contribution in [0.4, 0.5) is 0 Å². The zero-order valence-electron chi connectivity index (χ0n) is 12.5.